The third-order valence-electron chi connectivity index (χ3n) is 1.55. The van der Waals surface area contributed by atoms with Crippen LogP contribution in [0.25, 0.3) is 0 Å². The first kappa shape index (κ1) is 9.78. The quantitative estimate of drug-likeness (QED) is 0.794. The van der Waals surface area contributed by atoms with Crippen molar-refractivity contribution in [1.82, 2.24) is 0 Å². The molecule has 0 heterocycles. The van der Waals surface area contributed by atoms with E-state index in [1.165, 1.54) is 0 Å². The van der Waals surface area contributed by atoms with Crippen molar-refractivity contribution < 1.29 is 4.39 Å². The number of rotatable bonds is 2. The van der Waals surface area contributed by atoms with Gasteiger partial charge in [0.1, 0.15) is 6.67 Å². The maximum Gasteiger partial charge on any atom is 0.109 e. The maximum absolute atomic E-state index is 12.2. The normalized spacial score (nSPS) is 13.0. The topological polar surface area (TPSA) is 26.0 Å². The Morgan fingerprint density at radius 3 is 2.67 bits per heavy atom. The van der Waals surface area contributed by atoms with Crippen LogP contribution in [0, 0.1) is 0 Å². The van der Waals surface area contributed by atoms with Gasteiger partial charge in [0, 0.05) is 0 Å². The molecule has 0 aliphatic carbocycles. The summed E-state index contributed by atoms with van der Waals surface area (Å²) in [6, 6.07) is 4.31. The molecule has 0 aromatic heterocycles. The van der Waals surface area contributed by atoms with Crippen molar-refractivity contribution in [2.45, 2.75) is 6.04 Å². The van der Waals surface area contributed by atoms with E-state index in [0.717, 1.165) is 0 Å². The first-order valence-corrected chi connectivity index (χ1v) is 4.18. The predicted molar refractivity (Wildman–Crippen MR) is 49.4 cm³/mol. The monoisotopic (exact) mass is 207 g/mol. The van der Waals surface area contributed by atoms with E-state index in [4.69, 9.17) is 28.9 Å². The molecular weight excluding hydrogens is 200 g/mol. The Morgan fingerprint density at radius 2 is 2.08 bits per heavy atom. The van der Waals surface area contributed by atoms with E-state index in [-0.39, 0.29) is 0 Å². The van der Waals surface area contributed by atoms with Gasteiger partial charge in [0.15, 0.2) is 0 Å². The van der Waals surface area contributed by atoms with Crippen molar-refractivity contribution in [1.29, 1.82) is 0 Å². The smallest absolute Gasteiger partial charge is 0.109 e. The molecule has 0 spiro atoms. The molecule has 0 saturated heterocycles. The molecule has 0 unspecified atom stereocenters. The molecular formula is C8H8Cl2FN. The van der Waals surface area contributed by atoms with Crippen LogP contribution in [0.4, 0.5) is 4.39 Å². The lowest BCUT2D eigenvalue weighted by Gasteiger charge is -2.09. The first-order chi connectivity index (χ1) is 5.66. The van der Waals surface area contributed by atoms with Crippen molar-refractivity contribution in [3.63, 3.8) is 0 Å². The Labute approximate surface area is 80.3 Å². The number of halogens is 3. The first-order valence-electron chi connectivity index (χ1n) is 3.42. The van der Waals surface area contributed by atoms with Crippen molar-refractivity contribution >= 4 is 23.2 Å². The molecule has 0 saturated carbocycles. The largest absolute Gasteiger partial charge is 0.322 e. The van der Waals surface area contributed by atoms with Crippen LogP contribution in [-0.4, -0.2) is 6.67 Å². The predicted octanol–water partition coefficient (Wildman–Crippen LogP) is 2.96. The van der Waals surface area contributed by atoms with Crippen LogP contribution in [0.3, 0.4) is 0 Å². The van der Waals surface area contributed by atoms with E-state index in [1.807, 2.05) is 0 Å². The van der Waals surface area contributed by atoms with Gasteiger partial charge in [0.05, 0.1) is 16.1 Å². The van der Waals surface area contributed by atoms with E-state index >= 15 is 0 Å². The molecule has 2 N–H and O–H groups in total. The van der Waals surface area contributed by atoms with Gasteiger partial charge in [-0.15, -0.1) is 0 Å². The van der Waals surface area contributed by atoms with Gasteiger partial charge in [-0.3, -0.25) is 0 Å². The van der Waals surface area contributed by atoms with Crippen molar-refractivity contribution in [2.75, 3.05) is 6.67 Å². The number of benzene rings is 1. The molecule has 0 aliphatic heterocycles. The second-order valence-corrected chi connectivity index (χ2v) is 3.19. The SMILES string of the molecule is N[C@@H](CF)c1cccc(Cl)c1Cl. The highest BCUT2D eigenvalue weighted by Crippen LogP contribution is 2.28. The van der Waals surface area contributed by atoms with Crippen LogP contribution in [0.1, 0.15) is 11.6 Å². The van der Waals surface area contributed by atoms with Crippen LogP contribution in [0.15, 0.2) is 18.2 Å². The summed E-state index contributed by atoms with van der Waals surface area (Å²) in [4.78, 5) is 0. The Balaban J connectivity index is 3.07. The highest BCUT2D eigenvalue weighted by molar-refractivity contribution is 6.42. The third-order valence-corrected chi connectivity index (χ3v) is 2.38. The maximum atomic E-state index is 12.2. The van der Waals surface area contributed by atoms with Crippen molar-refractivity contribution in [2.24, 2.45) is 5.73 Å². The second kappa shape index (κ2) is 4.08. The lowest BCUT2D eigenvalue weighted by molar-refractivity contribution is 0.437. The standard InChI is InChI=1S/C8H8Cl2FN/c9-6-3-1-2-5(8(6)10)7(12)4-11/h1-3,7H,4,12H2/t7-/m0/s1. The molecule has 66 valence electrons. The summed E-state index contributed by atoms with van der Waals surface area (Å²) < 4.78 is 12.2. The summed E-state index contributed by atoms with van der Waals surface area (Å²) in [5.41, 5.74) is 5.99. The molecule has 1 aromatic carbocycles. The molecule has 0 amide bonds. The molecule has 0 radical (unpaired) electrons. The lowest BCUT2D eigenvalue weighted by Crippen LogP contribution is -2.12. The van der Waals surface area contributed by atoms with Gasteiger partial charge in [-0.25, -0.2) is 4.39 Å². The zero-order valence-electron chi connectivity index (χ0n) is 6.23. The summed E-state index contributed by atoms with van der Waals surface area (Å²) in [6.07, 6.45) is 0. The van der Waals surface area contributed by atoms with Gasteiger partial charge in [-0.2, -0.15) is 0 Å². The Kier molecular flexibility index (Phi) is 3.32. The average molecular weight is 208 g/mol. The fourth-order valence-electron chi connectivity index (χ4n) is 0.890. The highest BCUT2D eigenvalue weighted by Gasteiger charge is 2.11. The van der Waals surface area contributed by atoms with Crippen LogP contribution in [-0.2, 0) is 0 Å². The van der Waals surface area contributed by atoms with Crippen molar-refractivity contribution in [3.05, 3.63) is 33.8 Å². The third kappa shape index (κ3) is 1.89. The van der Waals surface area contributed by atoms with E-state index in [9.17, 15) is 4.39 Å². The van der Waals surface area contributed by atoms with Gasteiger partial charge in [0.2, 0.25) is 0 Å². The van der Waals surface area contributed by atoms with Gasteiger partial charge < -0.3 is 5.73 Å². The summed E-state index contributed by atoms with van der Waals surface area (Å²) >= 11 is 11.5. The summed E-state index contributed by atoms with van der Waals surface area (Å²) in [5.74, 6) is 0. The fourth-order valence-corrected chi connectivity index (χ4v) is 1.34. The summed E-state index contributed by atoms with van der Waals surface area (Å²) in [6.45, 7) is -0.639. The minimum Gasteiger partial charge on any atom is -0.322 e. The Morgan fingerprint density at radius 1 is 1.42 bits per heavy atom. The Bertz CT molecular complexity index is 278. The molecule has 1 rings (SSSR count). The van der Waals surface area contributed by atoms with E-state index in [1.54, 1.807) is 18.2 Å². The number of hydrogen-bond acceptors (Lipinski definition) is 1. The molecule has 4 heteroatoms. The molecule has 1 nitrogen and oxygen atoms in total. The highest BCUT2D eigenvalue weighted by atomic mass is 35.5. The van der Waals surface area contributed by atoms with Crippen molar-refractivity contribution in [3.8, 4) is 0 Å². The molecule has 0 aliphatic rings. The molecule has 1 aromatic rings. The van der Waals surface area contributed by atoms with E-state index < -0.39 is 12.7 Å². The zero-order chi connectivity index (χ0) is 9.14. The van der Waals surface area contributed by atoms with Gasteiger partial charge >= 0.3 is 0 Å². The van der Waals surface area contributed by atoms with Crippen LogP contribution < -0.4 is 5.73 Å². The van der Waals surface area contributed by atoms with Gasteiger partial charge in [-0.1, -0.05) is 35.3 Å². The minimum absolute atomic E-state index is 0.337. The van der Waals surface area contributed by atoms with Crippen LogP contribution in [0.2, 0.25) is 10.0 Å². The molecule has 1 atom stereocenters. The summed E-state index contributed by atoms with van der Waals surface area (Å²) in [5, 5.41) is 0.738. The molecule has 12 heavy (non-hydrogen) atoms. The number of hydrogen-bond donors (Lipinski definition) is 1. The van der Waals surface area contributed by atoms with E-state index in [0.29, 0.717) is 15.6 Å². The molecule has 0 bridgehead atoms. The number of alkyl halides is 1. The Hall–Kier alpha value is -0.310. The van der Waals surface area contributed by atoms with Crippen LogP contribution >= 0.6 is 23.2 Å². The zero-order valence-corrected chi connectivity index (χ0v) is 7.74. The second-order valence-electron chi connectivity index (χ2n) is 2.40. The van der Waals surface area contributed by atoms with Gasteiger partial charge in [0.25, 0.3) is 0 Å². The fraction of sp³-hybridized carbons (Fsp3) is 0.250. The van der Waals surface area contributed by atoms with Gasteiger partial charge in [-0.05, 0) is 11.6 Å². The lowest BCUT2D eigenvalue weighted by atomic mass is 10.1. The minimum atomic E-state index is -0.684. The molecule has 0 fully saturated rings. The van der Waals surface area contributed by atoms with E-state index in [2.05, 4.69) is 0 Å². The average Bonchev–Trinajstić information content (AvgIpc) is 2.08. The van der Waals surface area contributed by atoms with Crippen LogP contribution in [0.5, 0.6) is 0 Å². The summed E-state index contributed by atoms with van der Waals surface area (Å²) in [7, 11) is 0. The number of nitrogens with two attached hydrogens (primary N) is 1.